The highest BCUT2D eigenvalue weighted by Crippen LogP contribution is 2.51. The number of nitrogens with zero attached hydrogens (tertiary/aromatic N) is 1. The average Bonchev–Trinajstić information content (AvgIpc) is 3.56. The zero-order valence-corrected chi connectivity index (χ0v) is 19.6. The Bertz CT molecular complexity index is 1340. The molecule has 0 radical (unpaired) electrons. The number of benzene rings is 2. The maximum Gasteiger partial charge on any atom is 0.299 e. The number of nitrogen functional groups attached to an aromatic ring is 1. The van der Waals surface area contributed by atoms with E-state index in [4.69, 9.17) is 11.1 Å². The van der Waals surface area contributed by atoms with Crippen LogP contribution in [0.1, 0.15) is 40.0 Å². The molecule has 180 valence electrons. The van der Waals surface area contributed by atoms with Crippen LogP contribution in [0.2, 0.25) is 0 Å². The SMILES string of the molecule is N=C(N)c1csc(CNC(=O)C2CCCN2C(=O)Cc2ccc3c(c2)-c2ccccc2C3(F)F)c1. The topological polar surface area (TPSA) is 99.3 Å². The minimum Gasteiger partial charge on any atom is -0.384 e. The summed E-state index contributed by atoms with van der Waals surface area (Å²) in [4.78, 5) is 28.4. The van der Waals surface area contributed by atoms with Crippen LogP contribution >= 0.6 is 11.3 Å². The van der Waals surface area contributed by atoms with Gasteiger partial charge in [0.25, 0.3) is 5.92 Å². The Hall–Kier alpha value is -3.59. The maximum atomic E-state index is 14.8. The van der Waals surface area contributed by atoms with Gasteiger partial charge in [-0.05, 0) is 35.6 Å². The van der Waals surface area contributed by atoms with Crippen LogP contribution in [0.3, 0.4) is 0 Å². The molecular formula is C26H24F2N4O2S. The highest BCUT2D eigenvalue weighted by molar-refractivity contribution is 7.10. The molecule has 0 saturated carbocycles. The van der Waals surface area contributed by atoms with E-state index in [2.05, 4.69) is 5.32 Å². The summed E-state index contributed by atoms with van der Waals surface area (Å²) in [7, 11) is 0. The first-order chi connectivity index (χ1) is 16.8. The van der Waals surface area contributed by atoms with Crippen LogP contribution in [0.5, 0.6) is 0 Å². The third-order valence-corrected chi connectivity index (χ3v) is 7.55. The number of amides is 2. The van der Waals surface area contributed by atoms with Crippen molar-refractivity contribution in [2.24, 2.45) is 5.73 Å². The summed E-state index contributed by atoms with van der Waals surface area (Å²) < 4.78 is 29.6. The number of amidine groups is 1. The molecule has 0 spiro atoms. The number of carbonyl (C=O) groups is 2. The number of carbonyl (C=O) groups excluding carboxylic acids is 2. The third-order valence-electron chi connectivity index (χ3n) is 6.61. The number of hydrogen-bond acceptors (Lipinski definition) is 4. The van der Waals surface area contributed by atoms with E-state index in [1.54, 1.807) is 46.7 Å². The second-order valence-corrected chi connectivity index (χ2v) is 9.85. The van der Waals surface area contributed by atoms with Crippen molar-refractivity contribution in [3.8, 4) is 11.1 Å². The van der Waals surface area contributed by atoms with Crippen molar-refractivity contribution in [3.05, 3.63) is 81.0 Å². The molecule has 2 aromatic carbocycles. The fourth-order valence-corrected chi connectivity index (χ4v) is 5.68. The van der Waals surface area contributed by atoms with Gasteiger partial charge in [0.2, 0.25) is 11.8 Å². The average molecular weight is 495 g/mol. The van der Waals surface area contributed by atoms with Crippen molar-refractivity contribution in [1.82, 2.24) is 10.2 Å². The normalized spacial score (nSPS) is 17.7. The lowest BCUT2D eigenvalue weighted by atomic mass is 10.0. The molecule has 2 heterocycles. The van der Waals surface area contributed by atoms with Gasteiger partial charge >= 0.3 is 0 Å². The van der Waals surface area contributed by atoms with Gasteiger partial charge in [-0.2, -0.15) is 8.78 Å². The van der Waals surface area contributed by atoms with E-state index in [0.29, 0.717) is 41.8 Å². The summed E-state index contributed by atoms with van der Waals surface area (Å²) in [6.45, 7) is 0.782. The minimum atomic E-state index is -3.06. The van der Waals surface area contributed by atoms with Gasteiger partial charge in [-0.1, -0.05) is 42.5 Å². The van der Waals surface area contributed by atoms with Gasteiger partial charge < -0.3 is 16.0 Å². The molecular weight excluding hydrogens is 470 g/mol. The first-order valence-electron chi connectivity index (χ1n) is 11.4. The molecule has 35 heavy (non-hydrogen) atoms. The Kier molecular flexibility index (Phi) is 5.88. The third kappa shape index (κ3) is 4.20. The Balaban J connectivity index is 1.27. The van der Waals surface area contributed by atoms with E-state index in [1.165, 1.54) is 23.5 Å². The second-order valence-electron chi connectivity index (χ2n) is 8.86. The van der Waals surface area contributed by atoms with Crippen LogP contribution < -0.4 is 11.1 Å². The number of rotatable bonds is 6. The number of nitrogens with two attached hydrogens (primary N) is 1. The molecule has 1 atom stereocenters. The fraction of sp³-hybridized carbons (Fsp3) is 0.269. The van der Waals surface area contributed by atoms with Crippen molar-refractivity contribution in [1.29, 1.82) is 5.41 Å². The van der Waals surface area contributed by atoms with Crippen LogP contribution in [-0.4, -0.2) is 35.1 Å². The Morgan fingerprint density at radius 3 is 2.69 bits per heavy atom. The standard InChI is InChI=1S/C26H24F2N4O2S/c27-26(28)20-5-2-1-4-18(20)19-10-15(7-8-21(19)26)11-23(33)32-9-3-6-22(32)25(34)31-13-17-12-16(14-35-17)24(29)30/h1-2,4-5,7-8,10,12,14,22H,3,6,9,11,13H2,(H3,29,30)(H,31,34). The Morgan fingerprint density at radius 2 is 1.91 bits per heavy atom. The summed E-state index contributed by atoms with van der Waals surface area (Å²) in [6.07, 6.45) is 1.34. The molecule has 2 aliphatic rings. The van der Waals surface area contributed by atoms with Gasteiger partial charge in [-0.3, -0.25) is 15.0 Å². The number of thiophene rings is 1. The Morgan fingerprint density at radius 1 is 1.14 bits per heavy atom. The van der Waals surface area contributed by atoms with E-state index < -0.39 is 12.0 Å². The van der Waals surface area contributed by atoms with Gasteiger partial charge in [0.1, 0.15) is 11.9 Å². The number of hydrogen-bond donors (Lipinski definition) is 3. The van der Waals surface area contributed by atoms with Crippen molar-refractivity contribution in [3.63, 3.8) is 0 Å². The summed E-state index contributed by atoms with van der Waals surface area (Å²) in [5, 5.41) is 12.1. The molecule has 4 N–H and O–H groups in total. The van der Waals surface area contributed by atoms with Gasteiger partial charge in [-0.25, -0.2) is 0 Å². The number of alkyl halides is 2. The highest BCUT2D eigenvalue weighted by Gasteiger charge is 2.44. The van der Waals surface area contributed by atoms with Crippen LogP contribution in [0.25, 0.3) is 11.1 Å². The predicted molar refractivity (Wildman–Crippen MR) is 130 cm³/mol. The zero-order valence-electron chi connectivity index (χ0n) is 18.8. The van der Waals surface area contributed by atoms with Crippen molar-refractivity contribution in [2.75, 3.05) is 6.54 Å². The van der Waals surface area contributed by atoms with Crippen LogP contribution in [0, 0.1) is 5.41 Å². The van der Waals surface area contributed by atoms with Crippen molar-refractivity contribution < 1.29 is 18.4 Å². The van der Waals surface area contributed by atoms with Crippen LogP contribution in [0.15, 0.2) is 53.9 Å². The number of fused-ring (bicyclic) bond motifs is 3. The predicted octanol–water partition coefficient (Wildman–Crippen LogP) is 4.00. The number of halogens is 2. The van der Waals surface area contributed by atoms with Gasteiger partial charge in [0.15, 0.2) is 0 Å². The minimum absolute atomic E-state index is 0.0177. The van der Waals surface area contributed by atoms with Crippen molar-refractivity contribution >= 4 is 29.0 Å². The Labute approximate surface area is 205 Å². The molecule has 1 saturated heterocycles. The summed E-state index contributed by atoms with van der Waals surface area (Å²) >= 11 is 1.41. The fourth-order valence-electron chi connectivity index (χ4n) is 4.86. The molecule has 0 bridgehead atoms. The lowest BCUT2D eigenvalue weighted by Gasteiger charge is -2.24. The maximum absolute atomic E-state index is 14.8. The van der Waals surface area contributed by atoms with E-state index >= 15 is 0 Å². The second kappa shape index (κ2) is 8.88. The van der Waals surface area contributed by atoms with Gasteiger partial charge in [0.05, 0.1) is 13.0 Å². The van der Waals surface area contributed by atoms with Crippen LogP contribution in [0.4, 0.5) is 8.78 Å². The highest BCUT2D eigenvalue weighted by atomic mass is 32.1. The van der Waals surface area contributed by atoms with E-state index in [-0.39, 0.29) is 35.2 Å². The summed E-state index contributed by atoms with van der Waals surface area (Å²) in [5.74, 6) is -3.50. The molecule has 1 aliphatic carbocycles. The largest absolute Gasteiger partial charge is 0.384 e. The molecule has 9 heteroatoms. The monoisotopic (exact) mass is 494 g/mol. The zero-order chi connectivity index (χ0) is 24.7. The van der Waals surface area contributed by atoms with E-state index in [9.17, 15) is 18.4 Å². The van der Waals surface area contributed by atoms with Crippen LogP contribution in [-0.2, 0) is 28.5 Å². The molecule has 3 aromatic rings. The number of likely N-dealkylation sites (tertiary alicyclic amines) is 1. The number of nitrogens with one attached hydrogen (secondary N) is 2. The van der Waals surface area contributed by atoms with Gasteiger partial charge in [-0.15, -0.1) is 11.3 Å². The molecule has 5 rings (SSSR count). The summed E-state index contributed by atoms with van der Waals surface area (Å²) in [5.41, 5.74) is 7.62. The first-order valence-corrected chi connectivity index (χ1v) is 12.2. The molecule has 1 aromatic heterocycles. The van der Waals surface area contributed by atoms with Crippen molar-refractivity contribution in [2.45, 2.75) is 37.8 Å². The molecule has 6 nitrogen and oxygen atoms in total. The molecule has 2 amide bonds. The quantitative estimate of drug-likeness (QED) is 0.357. The summed E-state index contributed by atoms with van der Waals surface area (Å²) in [6, 6.07) is 12.3. The van der Waals surface area contributed by atoms with E-state index in [1.807, 2.05) is 0 Å². The smallest absolute Gasteiger partial charge is 0.299 e. The first kappa shape index (κ1) is 23.2. The molecule has 1 aliphatic heterocycles. The van der Waals surface area contributed by atoms with Gasteiger partial charge in [0, 0.05) is 33.5 Å². The molecule has 1 fully saturated rings. The lowest BCUT2D eigenvalue weighted by molar-refractivity contribution is -0.138. The van der Waals surface area contributed by atoms with E-state index in [0.717, 1.165) is 11.3 Å². The molecule has 1 unspecified atom stereocenters. The lowest BCUT2D eigenvalue weighted by Crippen LogP contribution is -2.46.